The molecule has 4 nitrogen and oxygen atoms in total. The Bertz CT molecular complexity index is 607. The molecule has 0 unspecified atom stereocenters. The highest BCUT2D eigenvalue weighted by atomic mass is 33.1. The van der Waals surface area contributed by atoms with Crippen LogP contribution in [-0.2, 0) is 9.59 Å². The van der Waals surface area contributed by atoms with E-state index in [0.717, 1.165) is 35.3 Å². The van der Waals surface area contributed by atoms with Gasteiger partial charge in [0.05, 0.1) is 33.3 Å². The number of amides is 2. The van der Waals surface area contributed by atoms with Crippen molar-refractivity contribution in [1.29, 1.82) is 0 Å². The maximum absolute atomic E-state index is 11.3. The van der Waals surface area contributed by atoms with E-state index < -0.39 is 0 Å². The average molecular weight is 332 g/mol. The fraction of sp³-hybridized carbons (Fsp3) is 0.125. The smallest absolute Gasteiger partial charge is 0.224 e. The molecule has 0 heterocycles. The molecule has 0 atom stereocenters. The van der Waals surface area contributed by atoms with Crippen LogP contribution < -0.4 is 8.61 Å². The van der Waals surface area contributed by atoms with Crippen molar-refractivity contribution in [3.05, 3.63) is 59.7 Å². The minimum absolute atomic E-state index is 0.751. The summed E-state index contributed by atoms with van der Waals surface area (Å²) in [4.78, 5) is 22.7. The molecule has 2 aromatic rings. The number of anilines is 2. The largest absolute Gasteiger partial charge is 0.277 e. The Hall–Kier alpha value is -1.92. The van der Waals surface area contributed by atoms with E-state index >= 15 is 0 Å². The summed E-state index contributed by atoms with van der Waals surface area (Å²) >= 11 is 0. The van der Waals surface area contributed by atoms with Gasteiger partial charge in [-0.25, -0.2) is 8.61 Å². The van der Waals surface area contributed by atoms with E-state index in [-0.39, 0.29) is 0 Å². The van der Waals surface area contributed by atoms with Gasteiger partial charge in [-0.3, -0.25) is 9.59 Å². The summed E-state index contributed by atoms with van der Waals surface area (Å²) in [6.07, 6.45) is 1.50. The molecule has 0 aromatic heterocycles. The number of hydrogen-bond acceptors (Lipinski definition) is 4. The molecule has 2 amide bonds. The number of hydrogen-bond donors (Lipinski definition) is 0. The van der Waals surface area contributed by atoms with Crippen LogP contribution in [0.25, 0.3) is 0 Å². The van der Waals surface area contributed by atoms with E-state index in [1.165, 1.54) is 30.6 Å². The standard InChI is InChI=1S/C16H16N2O2S2/c1-13-7-3-5-9-15(13)17(11-19)21-22-18(12-20)16-10-6-4-8-14(16)2/h3-12H,1-2H3. The topological polar surface area (TPSA) is 40.6 Å². The van der Waals surface area contributed by atoms with Crippen LogP contribution >= 0.6 is 22.0 Å². The van der Waals surface area contributed by atoms with Gasteiger partial charge in [-0.15, -0.1) is 0 Å². The summed E-state index contributed by atoms with van der Waals surface area (Å²) in [5.41, 5.74) is 3.61. The molecule has 0 spiro atoms. The normalized spacial score (nSPS) is 10.1. The summed E-state index contributed by atoms with van der Waals surface area (Å²) in [6, 6.07) is 15.2. The average Bonchev–Trinajstić information content (AvgIpc) is 2.54. The molecule has 0 fully saturated rings. The Labute approximate surface area is 138 Å². The second kappa shape index (κ2) is 7.91. The van der Waals surface area contributed by atoms with Gasteiger partial charge in [0.1, 0.15) is 0 Å². The van der Waals surface area contributed by atoms with Gasteiger partial charge in [0.15, 0.2) is 0 Å². The lowest BCUT2D eigenvalue weighted by atomic mass is 10.2. The molecular formula is C16H16N2O2S2. The van der Waals surface area contributed by atoms with E-state index in [1.807, 2.05) is 62.4 Å². The van der Waals surface area contributed by atoms with Gasteiger partial charge in [-0.05, 0) is 37.1 Å². The number of benzene rings is 2. The van der Waals surface area contributed by atoms with Crippen LogP contribution in [0.15, 0.2) is 48.5 Å². The van der Waals surface area contributed by atoms with E-state index in [9.17, 15) is 9.59 Å². The van der Waals surface area contributed by atoms with Crippen molar-refractivity contribution in [2.24, 2.45) is 0 Å². The Morgan fingerprint density at radius 3 is 1.41 bits per heavy atom. The molecule has 0 saturated heterocycles. The van der Waals surface area contributed by atoms with Gasteiger partial charge >= 0.3 is 0 Å². The fourth-order valence-corrected chi connectivity index (χ4v) is 3.83. The summed E-state index contributed by atoms with van der Waals surface area (Å²) in [6.45, 7) is 3.88. The molecule has 0 radical (unpaired) electrons. The zero-order valence-electron chi connectivity index (χ0n) is 12.3. The molecule has 6 heteroatoms. The van der Waals surface area contributed by atoms with Gasteiger partial charge in [0.2, 0.25) is 12.8 Å². The molecule has 0 bridgehead atoms. The molecule has 2 aromatic carbocycles. The Balaban J connectivity index is 2.12. The molecule has 2 rings (SSSR count). The van der Waals surface area contributed by atoms with Gasteiger partial charge in [0.25, 0.3) is 0 Å². The van der Waals surface area contributed by atoms with Crippen LogP contribution in [0.2, 0.25) is 0 Å². The quantitative estimate of drug-likeness (QED) is 0.434. The molecule has 0 N–H and O–H groups in total. The first-order chi connectivity index (χ1) is 10.7. The molecule has 0 aliphatic rings. The van der Waals surface area contributed by atoms with Crippen LogP contribution in [0.1, 0.15) is 11.1 Å². The lowest BCUT2D eigenvalue weighted by molar-refractivity contribution is -0.107. The van der Waals surface area contributed by atoms with Crippen molar-refractivity contribution >= 4 is 46.2 Å². The van der Waals surface area contributed by atoms with Crippen LogP contribution in [0.4, 0.5) is 11.4 Å². The predicted molar refractivity (Wildman–Crippen MR) is 94.6 cm³/mol. The Morgan fingerprint density at radius 1 is 0.727 bits per heavy atom. The lowest BCUT2D eigenvalue weighted by Crippen LogP contribution is -2.16. The van der Waals surface area contributed by atoms with Crippen LogP contribution in [0.3, 0.4) is 0 Å². The van der Waals surface area contributed by atoms with Gasteiger partial charge < -0.3 is 0 Å². The fourth-order valence-electron chi connectivity index (χ4n) is 1.92. The Morgan fingerprint density at radius 2 is 1.09 bits per heavy atom. The van der Waals surface area contributed by atoms with Gasteiger partial charge in [-0.1, -0.05) is 36.4 Å². The van der Waals surface area contributed by atoms with Gasteiger partial charge in [0, 0.05) is 0 Å². The summed E-state index contributed by atoms with van der Waals surface area (Å²) < 4.78 is 3.02. The SMILES string of the molecule is Cc1ccccc1N(C=O)SSN(C=O)c1ccccc1C. The minimum atomic E-state index is 0.751. The first-order valence-corrected chi connectivity index (χ1v) is 8.69. The highest BCUT2D eigenvalue weighted by Gasteiger charge is 2.14. The van der Waals surface area contributed by atoms with Crippen molar-refractivity contribution in [2.75, 3.05) is 8.61 Å². The van der Waals surface area contributed by atoms with E-state index in [1.54, 1.807) is 0 Å². The maximum atomic E-state index is 11.3. The number of carbonyl (C=O) groups excluding carboxylic acids is 2. The summed E-state index contributed by atoms with van der Waals surface area (Å²) in [5.74, 6) is 0. The number of nitrogens with zero attached hydrogens (tertiary/aromatic N) is 2. The van der Waals surface area contributed by atoms with Crippen LogP contribution in [0.5, 0.6) is 0 Å². The van der Waals surface area contributed by atoms with E-state index in [4.69, 9.17) is 0 Å². The molecule has 22 heavy (non-hydrogen) atoms. The summed E-state index contributed by atoms with van der Waals surface area (Å²) in [7, 11) is 2.40. The zero-order chi connectivity index (χ0) is 15.9. The zero-order valence-corrected chi connectivity index (χ0v) is 13.9. The minimum Gasteiger partial charge on any atom is -0.277 e. The highest BCUT2D eigenvalue weighted by molar-refractivity contribution is 8.78. The number of carbonyl (C=O) groups is 2. The Kier molecular flexibility index (Phi) is 5.91. The second-order valence-electron chi connectivity index (χ2n) is 4.58. The number of para-hydroxylation sites is 2. The van der Waals surface area contributed by atoms with Crippen molar-refractivity contribution in [1.82, 2.24) is 0 Å². The predicted octanol–water partition coefficient (Wildman–Crippen LogP) is 4.14. The molecular weight excluding hydrogens is 316 g/mol. The van der Waals surface area contributed by atoms with Gasteiger partial charge in [-0.2, -0.15) is 0 Å². The molecule has 114 valence electrons. The van der Waals surface area contributed by atoms with Crippen molar-refractivity contribution < 1.29 is 9.59 Å². The van der Waals surface area contributed by atoms with Crippen molar-refractivity contribution in [3.8, 4) is 0 Å². The first-order valence-electron chi connectivity index (χ1n) is 6.62. The maximum Gasteiger partial charge on any atom is 0.224 e. The van der Waals surface area contributed by atoms with E-state index in [2.05, 4.69) is 0 Å². The second-order valence-corrected chi connectivity index (χ2v) is 6.56. The third kappa shape index (κ3) is 3.84. The van der Waals surface area contributed by atoms with Crippen LogP contribution in [0, 0.1) is 13.8 Å². The molecule has 0 saturated carbocycles. The first kappa shape index (κ1) is 16.5. The highest BCUT2D eigenvalue weighted by Crippen LogP contribution is 2.37. The van der Waals surface area contributed by atoms with E-state index in [0.29, 0.717) is 0 Å². The third-order valence-electron chi connectivity index (χ3n) is 3.09. The third-order valence-corrected chi connectivity index (χ3v) is 5.21. The molecule has 0 aliphatic heterocycles. The summed E-state index contributed by atoms with van der Waals surface area (Å²) in [5, 5.41) is 0. The monoisotopic (exact) mass is 332 g/mol. The number of rotatable bonds is 7. The molecule has 0 aliphatic carbocycles. The van der Waals surface area contributed by atoms with Crippen LogP contribution in [-0.4, -0.2) is 12.8 Å². The van der Waals surface area contributed by atoms with Crippen molar-refractivity contribution in [3.63, 3.8) is 0 Å². The lowest BCUT2D eigenvalue weighted by Gasteiger charge is -2.21. The number of aryl methyl sites for hydroxylation is 2. The van der Waals surface area contributed by atoms with Crippen molar-refractivity contribution in [2.45, 2.75) is 13.8 Å².